The molecule has 3 nitrogen and oxygen atoms in total. The van der Waals surface area contributed by atoms with Crippen molar-refractivity contribution in [2.75, 3.05) is 6.54 Å². The van der Waals surface area contributed by atoms with Crippen LogP contribution in [-0.4, -0.2) is 23.8 Å². The Morgan fingerprint density at radius 1 is 1.00 bits per heavy atom. The van der Waals surface area contributed by atoms with Crippen LogP contribution in [0.1, 0.15) is 11.1 Å². The molecule has 0 bridgehead atoms. The van der Waals surface area contributed by atoms with Crippen LogP contribution in [0.15, 0.2) is 48.5 Å². The average Bonchev–Trinajstić information content (AvgIpc) is 2.47. The summed E-state index contributed by atoms with van der Waals surface area (Å²) in [5.41, 5.74) is 8.14. The molecule has 2 atom stereocenters. The number of hydrogen-bond donors (Lipinski definition) is 3. The second-order valence-corrected chi connectivity index (χ2v) is 6.20. The van der Waals surface area contributed by atoms with Crippen LogP contribution >= 0.6 is 23.2 Å². The lowest BCUT2D eigenvalue weighted by Crippen LogP contribution is -2.42. The van der Waals surface area contributed by atoms with Crippen molar-refractivity contribution in [3.05, 3.63) is 69.7 Å². The third kappa shape index (κ3) is 5.59. The minimum atomic E-state index is -0.616. The van der Waals surface area contributed by atoms with E-state index in [1.165, 1.54) is 0 Å². The van der Waals surface area contributed by atoms with Gasteiger partial charge in [0.25, 0.3) is 0 Å². The van der Waals surface area contributed by atoms with Gasteiger partial charge in [-0.3, -0.25) is 0 Å². The molecule has 0 fully saturated rings. The first kappa shape index (κ1) is 17.3. The molecule has 0 aliphatic carbocycles. The van der Waals surface area contributed by atoms with E-state index in [-0.39, 0.29) is 6.04 Å². The molecule has 0 heterocycles. The van der Waals surface area contributed by atoms with Crippen molar-refractivity contribution in [3.63, 3.8) is 0 Å². The third-order valence-electron chi connectivity index (χ3n) is 3.41. The number of aliphatic hydroxyl groups is 1. The van der Waals surface area contributed by atoms with Crippen molar-refractivity contribution in [2.24, 2.45) is 5.73 Å². The number of benzene rings is 2. The van der Waals surface area contributed by atoms with Gasteiger partial charge < -0.3 is 16.2 Å². The van der Waals surface area contributed by atoms with Gasteiger partial charge in [-0.15, -0.1) is 0 Å². The summed E-state index contributed by atoms with van der Waals surface area (Å²) in [6.07, 6.45) is 0.0296. The maximum atomic E-state index is 10.1. The molecule has 5 heteroatoms. The first-order chi connectivity index (χ1) is 10.5. The van der Waals surface area contributed by atoms with Crippen LogP contribution in [0.5, 0.6) is 0 Å². The predicted octanol–water partition coefficient (Wildman–Crippen LogP) is 3.01. The number of hydrogen-bond acceptors (Lipinski definition) is 3. The van der Waals surface area contributed by atoms with Gasteiger partial charge in [0.05, 0.1) is 6.10 Å². The van der Waals surface area contributed by atoms with Gasteiger partial charge in [0.1, 0.15) is 0 Å². The number of rotatable bonds is 7. The van der Waals surface area contributed by atoms with Crippen molar-refractivity contribution >= 4 is 23.2 Å². The van der Waals surface area contributed by atoms with E-state index >= 15 is 0 Å². The zero-order chi connectivity index (χ0) is 15.9. The highest BCUT2D eigenvalue weighted by molar-refractivity contribution is 6.34. The lowest BCUT2D eigenvalue weighted by atomic mass is 10.0. The summed E-state index contributed by atoms with van der Waals surface area (Å²) in [6, 6.07) is 15.0. The Bertz CT molecular complexity index is 572. The molecule has 22 heavy (non-hydrogen) atoms. The van der Waals surface area contributed by atoms with E-state index in [2.05, 4.69) is 5.32 Å². The smallest absolute Gasteiger partial charge is 0.0818 e. The SMILES string of the molecule is NC(Cc1ccccc1)[C@@H](O)CNCc1cc(Cl)cc(Cl)c1. The van der Waals surface area contributed by atoms with E-state index < -0.39 is 6.10 Å². The van der Waals surface area contributed by atoms with E-state index in [1.54, 1.807) is 6.07 Å². The molecule has 0 spiro atoms. The first-order valence-corrected chi connectivity index (χ1v) is 7.93. The number of aliphatic hydroxyl groups excluding tert-OH is 1. The van der Waals surface area contributed by atoms with Gasteiger partial charge in [0.15, 0.2) is 0 Å². The lowest BCUT2D eigenvalue weighted by Gasteiger charge is -2.19. The van der Waals surface area contributed by atoms with Crippen LogP contribution in [0.3, 0.4) is 0 Å². The molecule has 0 aliphatic rings. The van der Waals surface area contributed by atoms with Crippen molar-refractivity contribution in [1.82, 2.24) is 5.32 Å². The summed E-state index contributed by atoms with van der Waals surface area (Å²) in [4.78, 5) is 0. The van der Waals surface area contributed by atoms with Gasteiger partial charge in [-0.25, -0.2) is 0 Å². The summed E-state index contributed by atoms with van der Waals surface area (Å²) in [7, 11) is 0. The Balaban J connectivity index is 1.78. The molecule has 0 saturated carbocycles. The summed E-state index contributed by atoms with van der Waals surface area (Å²) in [6.45, 7) is 0.994. The molecule has 2 rings (SSSR count). The van der Waals surface area contributed by atoms with Crippen LogP contribution in [-0.2, 0) is 13.0 Å². The highest BCUT2D eigenvalue weighted by atomic mass is 35.5. The van der Waals surface area contributed by atoms with Crippen LogP contribution in [0.4, 0.5) is 0 Å². The van der Waals surface area contributed by atoms with E-state index in [0.29, 0.717) is 29.6 Å². The first-order valence-electron chi connectivity index (χ1n) is 7.18. The summed E-state index contributed by atoms with van der Waals surface area (Å²) in [5, 5.41) is 14.5. The van der Waals surface area contributed by atoms with Crippen LogP contribution in [0.25, 0.3) is 0 Å². The van der Waals surface area contributed by atoms with Gasteiger partial charge >= 0.3 is 0 Å². The van der Waals surface area contributed by atoms with Crippen molar-refractivity contribution in [2.45, 2.75) is 25.1 Å². The van der Waals surface area contributed by atoms with E-state index in [1.807, 2.05) is 42.5 Å². The quantitative estimate of drug-likeness (QED) is 0.727. The van der Waals surface area contributed by atoms with Crippen LogP contribution < -0.4 is 11.1 Å². The third-order valence-corrected chi connectivity index (χ3v) is 3.85. The highest BCUT2D eigenvalue weighted by Gasteiger charge is 2.14. The molecule has 1 unspecified atom stereocenters. The molecular weight excluding hydrogens is 319 g/mol. The Hall–Kier alpha value is -1.10. The van der Waals surface area contributed by atoms with E-state index in [0.717, 1.165) is 11.1 Å². The average molecular weight is 339 g/mol. The molecule has 0 amide bonds. The summed E-state index contributed by atoms with van der Waals surface area (Å²) < 4.78 is 0. The monoisotopic (exact) mass is 338 g/mol. The topological polar surface area (TPSA) is 58.3 Å². The fraction of sp³-hybridized carbons (Fsp3) is 0.294. The molecule has 0 saturated heterocycles. The second kappa shape index (κ2) is 8.51. The zero-order valence-corrected chi connectivity index (χ0v) is 13.7. The predicted molar refractivity (Wildman–Crippen MR) is 92.3 cm³/mol. The molecule has 0 radical (unpaired) electrons. The second-order valence-electron chi connectivity index (χ2n) is 5.33. The molecule has 0 aliphatic heterocycles. The Morgan fingerprint density at radius 2 is 1.64 bits per heavy atom. The van der Waals surface area contributed by atoms with Gasteiger partial charge in [0, 0.05) is 29.2 Å². The van der Waals surface area contributed by atoms with E-state index in [9.17, 15) is 5.11 Å². The Labute approximate surface area is 141 Å². The largest absolute Gasteiger partial charge is 0.390 e. The minimum absolute atomic E-state index is 0.308. The fourth-order valence-corrected chi connectivity index (χ4v) is 2.82. The minimum Gasteiger partial charge on any atom is -0.390 e. The highest BCUT2D eigenvalue weighted by Crippen LogP contribution is 2.18. The molecule has 2 aromatic carbocycles. The normalized spacial score (nSPS) is 13.8. The maximum absolute atomic E-state index is 10.1. The molecular formula is C17H20Cl2N2O. The van der Waals surface area contributed by atoms with Crippen LogP contribution in [0, 0.1) is 0 Å². The van der Waals surface area contributed by atoms with E-state index in [4.69, 9.17) is 28.9 Å². The summed E-state index contributed by atoms with van der Waals surface area (Å²) >= 11 is 11.9. The fourth-order valence-electron chi connectivity index (χ4n) is 2.25. The van der Waals surface area contributed by atoms with Gasteiger partial charge in [0.2, 0.25) is 0 Å². The number of halogens is 2. The van der Waals surface area contributed by atoms with Crippen molar-refractivity contribution < 1.29 is 5.11 Å². The molecule has 2 aromatic rings. The standard InChI is InChI=1S/C17H20Cl2N2O/c18-14-6-13(7-15(19)9-14)10-21-11-17(22)16(20)8-12-4-2-1-3-5-12/h1-7,9,16-17,21-22H,8,10-11,20H2/t16?,17-/m0/s1. The Kier molecular flexibility index (Phi) is 6.68. The van der Waals surface area contributed by atoms with Gasteiger partial charge in [-0.1, -0.05) is 53.5 Å². The molecule has 4 N–H and O–H groups in total. The van der Waals surface area contributed by atoms with Crippen molar-refractivity contribution in [1.29, 1.82) is 0 Å². The van der Waals surface area contributed by atoms with Crippen molar-refractivity contribution in [3.8, 4) is 0 Å². The number of nitrogens with two attached hydrogens (primary N) is 1. The summed E-state index contributed by atoms with van der Waals surface area (Å²) in [5.74, 6) is 0. The maximum Gasteiger partial charge on any atom is 0.0818 e. The van der Waals surface area contributed by atoms with Gasteiger partial charge in [-0.05, 0) is 35.7 Å². The van der Waals surface area contributed by atoms with Gasteiger partial charge in [-0.2, -0.15) is 0 Å². The molecule has 118 valence electrons. The lowest BCUT2D eigenvalue weighted by molar-refractivity contribution is 0.141. The Morgan fingerprint density at radius 3 is 2.27 bits per heavy atom. The molecule has 0 aromatic heterocycles. The zero-order valence-electron chi connectivity index (χ0n) is 12.2. The van der Waals surface area contributed by atoms with Crippen LogP contribution in [0.2, 0.25) is 10.0 Å². The number of nitrogens with one attached hydrogen (secondary N) is 1.